The van der Waals surface area contributed by atoms with E-state index in [1.807, 2.05) is 20.8 Å². The summed E-state index contributed by atoms with van der Waals surface area (Å²) in [6.07, 6.45) is 0.419. The van der Waals surface area contributed by atoms with Crippen molar-refractivity contribution in [2.24, 2.45) is 0 Å². The van der Waals surface area contributed by atoms with Crippen molar-refractivity contribution in [3.8, 4) is 17.2 Å². The van der Waals surface area contributed by atoms with Crippen LogP contribution in [0.15, 0.2) is 36.4 Å². The first-order valence-electron chi connectivity index (χ1n) is 10.6. The molecule has 0 bridgehead atoms. The molecule has 0 fully saturated rings. The molecule has 0 aliphatic carbocycles. The van der Waals surface area contributed by atoms with Crippen LogP contribution in [0.2, 0.25) is 10.0 Å². The molecular weight excluding hydrogens is 467 g/mol. The molecule has 1 N–H and O–H groups in total. The molecule has 2 aromatic rings. The molecule has 0 aliphatic rings. The number of rotatable bonds is 11. The van der Waals surface area contributed by atoms with Crippen LogP contribution in [0.25, 0.3) is 0 Å². The van der Waals surface area contributed by atoms with Crippen molar-refractivity contribution in [2.45, 2.75) is 45.8 Å². The first-order chi connectivity index (χ1) is 15.7. The summed E-state index contributed by atoms with van der Waals surface area (Å²) in [6, 6.07) is 9.28. The number of hydrogen-bond acceptors (Lipinski definition) is 5. The zero-order valence-electron chi connectivity index (χ0n) is 19.5. The zero-order chi connectivity index (χ0) is 24.5. The Morgan fingerprint density at radius 1 is 1.00 bits per heavy atom. The normalized spacial score (nSPS) is 11.6. The minimum absolute atomic E-state index is 0.0666. The van der Waals surface area contributed by atoms with Crippen LogP contribution in [0.3, 0.4) is 0 Å². The third-order valence-corrected chi connectivity index (χ3v) is 5.45. The zero-order valence-corrected chi connectivity index (χ0v) is 21.0. The summed E-state index contributed by atoms with van der Waals surface area (Å²) in [6.45, 7) is 5.43. The molecule has 0 unspecified atom stereocenters. The van der Waals surface area contributed by atoms with Gasteiger partial charge in [-0.05, 0) is 38.0 Å². The number of amides is 2. The van der Waals surface area contributed by atoms with Gasteiger partial charge in [0.15, 0.2) is 6.61 Å². The largest absolute Gasteiger partial charge is 0.496 e. The van der Waals surface area contributed by atoms with Gasteiger partial charge >= 0.3 is 0 Å². The number of ether oxygens (including phenoxy) is 3. The lowest BCUT2D eigenvalue weighted by Gasteiger charge is -2.31. The van der Waals surface area contributed by atoms with E-state index in [1.165, 1.54) is 19.1 Å². The van der Waals surface area contributed by atoms with E-state index in [0.717, 1.165) is 0 Å². The predicted molar refractivity (Wildman–Crippen MR) is 129 cm³/mol. The molecule has 2 amide bonds. The molecule has 0 radical (unpaired) electrons. The molecule has 0 heterocycles. The number of nitrogens with one attached hydrogen (secondary N) is 1. The molecular formula is C24H30Cl2N2O5. The number of halogens is 2. The van der Waals surface area contributed by atoms with Gasteiger partial charge in [-0.25, -0.2) is 0 Å². The molecule has 33 heavy (non-hydrogen) atoms. The van der Waals surface area contributed by atoms with Crippen molar-refractivity contribution < 1.29 is 23.8 Å². The second-order valence-electron chi connectivity index (χ2n) is 7.68. The van der Waals surface area contributed by atoms with E-state index >= 15 is 0 Å². The van der Waals surface area contributed by atoms with E-state index in [0.29, 0.717) is 39.3 Å². The van der Waals surface area contributed by atoms with Crippen molar-refractivity contribution in [1.29, 1.82) is 0 Å². The van der Waals surface area contributed by atoms with Crippen LogP contribution >= 0.6 is 23.2 Å². The van der Waals surface area contributed by atoms with Crippen molar-refractivity contribution in [1.82, 2.24) is 10.2 Å². The average Bonchev–Trinajstić information content (AvgIpc) is 2.77. The van der Waals surface area contributed by atoms with E-state index in [-0.39, 0.29) is 31.0 Å². The Morgan fingerprint density at radius 2 is 1.61 bits per heavy atom. The minimum atomic E-state index is -0.699. The first-order valence-corrected chi connectivity index (χ1v) is 11.3. The van der Waals surface area contributed by atoms with Crippen LogP contribution in [-0.2, 0) is 16.1 Å². The Morgan fingerprint density at radius 3 is 2.12 bits per heavy atom. The summed E-state index contributed by atoms with van der Waals surface area (Å²) in [7, 11) is 3.06. The van der Waals surface area contributed by atoms with Gasteiger partial charge in [-0.15, -0.1) is 0 Å². The fourth-order valence-electron chi connectivity index (χ4n) is 3.23. The Labute approximate surface area is 204 Å². The monoisotopic (exact) mass is 496 g/mol. The fourth-order valence-corrected chi connectivity index (χ4v) is 3.69. The van der Waals surface area contributed by atoms with Crippen LogP contribution in [-0.4, -0.2) is 49.6 Å². The van der Waals surface area contributed by atoms with Gasteiger partial charge in [0, 0.05) is 40.8 Å². The van der Waals surface area contributed by atoms with Crippen LogP contribution < -0.4 is 19.5 Å². The molecule has 2 rings (SSSR count). The highest BCUT2D eigenvalue weighted by Crippen LogP contribution is 2.28. The van der Waals surface area contributed by atoms with Crippen molar-refractivity contribution in [3.05, 3.63) is 52.0 Å². The third kappa shape index (κ3) is 7.72. The number of carbonyl (C=O) groups excluding carboxylic acids is 2. The van der Waals surface area contributed by atoms with Gasteiger partial charge in [-0.3, -0.25) is 9.59 Å². The maximum Gasteiger partial charge on any atom is 0.261 e. The molecule has 2 aromatic carbocycles. The molecule has 1 atom stereocenters. The quantitative estimate of drug-likeness (QED) is 0.486. The van der Waals surface area contributed by atoms with E-state index in [9.17, 15) is 9.59 Å². The molecule has 7 nitrogen and oxygen atoms in total. The van der Waals surface area contributed by atoms with Gasteiger partial charge in [0.25, 0.3) is 5.91 Å². The molecule has 180 valence electrons. The SMILES string of the molecule is CC[C@@H](C(=O)NC(C)C)N(Cc1ccc(Cl)cc1Cl)C(=O)COc1cc(OC)cc(OC)c1. The smallest absolute Gasteiger partial charge is 0.261 e. The predicted octanol–water partition coefficient (Wildman–Crippen LogP) is 4.72. The Balaban J connectivity index is 2.29. The van der Waals surface area contributed by atoms with Crippen molar-refractivity contribution in [3.63, 3.8) is 0 Å². The van der Waals surface area contributed by atoms with Crippen LogP contribution in [0.5, 0.6) is 17.2 Å². The summed E-state index contributed by atoms with van der Waals surface area (Å²) < 4.78 is 16.2. The second-order valence-corrected chi connectivity index (χ2v) is 8.53. The van der Waals surface area contributed by atoms with Gasteiger partial charge < -0.3 is 24.4 Å². The van der Waals surface area contributed by atoms with Gasteiger partial charge in [0.2, 0.25) is 5.91 Å². The van der Waals surface area contributed by atoms with E-state index in [4.69, 9.17) is 37.4 Å². The molecule has 0 aliphatic heterocycles. The van der Waals surface area contributed by atoms with Crippen LogP contribution in [0, 0.1) is 0 Å². The topological polar surface area (TPSA) is 77.1 Å². The summed E-state index contributed by atoms with van der Waals surface area (Å²) in [4.78, 5) is 27.6. The summed E-state index contributed by atoms with van der Waals surface area (Å²) >= 11 is 12.4. The van der Waals surface area contributed by atoms with E-state index < -0.39 is 6.04 Å². The first kappa shape index (κ1) is 26.6. The van der Waals surface area contributed by atoms with Crippen LogP contribution in [0.1, 0.15) is 32.8 Å². The maximum absolute atomic E-state index is 13.3. The van der Waals surface area contributed by atoms with Gasteiger partial charge in [-0.1, -0.05) is 36.2 Å². The fraction of sp³-hybridized carbons (Fsp3) is 0.417. The van der Waals surface area contributed by atoms with E-state index in [2.05, 4.69) is 5.32 Å². The Bertz CT molecular complexity index is 946. The van der Waals surface area contributed by atoms with Crippen LogP contribution in [0.4, 0.5) is 0 Å². The molecule has 0 saturated heterocycles. The number of benzene rings is 2. The highest BCUT2D eigenvalue weighted by Gasteiger charge is 2.29. The highest BCUT2D eigenvalue weighted by molar-refractivity contribution is 6.35. The lowest BCUT2D eigenvalue weighted by atomic mass is 10.1. The van der Waals surface area contributed by atoms with Gasteiger partial charge in [0.05, 0.1) is 14.2 Å². The van der Waals surface area contributed by atoms with Crippen molar-refractivity contribution in [2.75, 3.05) is 20.8 Å². The standard InChI is InChI=1S/C24H30Cl2N2O5/c1-6-22(24(30)27-15(2)3)28(13-16-7-8-17(25)9-21(16)26)23(29)14-33-20-11-18(31-4)10-19(12-20)32-5/h7-12,15,22H,6,13-14H2,1-5H3,(H,27,30)/t22-/m0/s1. The Hall–Kier alpha value is -2.64. The minimum Gasteiger partial charge on any atom is -0.496 e. The number of carbonyl (C=O) groups is 2. The summed E-state index contributed by atoms with van der Waals surface area (Å²) in [5.74, 6) is 0.861. The lowest BCUT2D eigenvalue weighted by molar-refractivity contribution is -0.143. The summed E-state index contributed by atoms with van der Waals surface area (Å²) in [5.41, 5.74) is 0.674. The molecule has 0 saturated carbocycles. The van der Waals surface area contributed by atoms with Gasteiger partial charge in [-0.2, -0.15) is 0 Å². The number of hydrogen-bond donors (Lipinski definition) is 1. The number of methoxy groups -OCH3 is 2. The average molecular weight is 497 g/mol. The van der Waals surface area contributed by atoms with Crippen molar-refractivity contribution >= 4 is 35.0 Å². The number of nitrogens with zero attached hydrogens (tertiary/aromatic N) is 1. The lowest BCUT2D eigenvalue weighted by Crippen LogP contribution is -2.51. The Kier molecular flexibility index (Phi) is 10.1. The molecule has 9 heteroatoms. The van der Waals surface area contributed by atoms with Gasteiger partial charge in [0.1, 0.15) is 23.3 Å². The highest BCUT2D eigenvalue weighted by atomic mass is 35.5. The summed E-state index contributed by atoms with van der Waals surface area (Å²) in [5, 5.41) is 3.78. The third-order valence-electron chi connectivity index (χ3n) is 4.86. The molecule has 0 spiro atoms. The molecule has 0 aromatic heterocycles. The van der Waals surface area contributed by atoms with E-state index in [1.54, 1.807) is 36.4 Å². The maximum atomic E-state index is 13.3. The second kappa shape index (κ2) is 12.6.